The molecule has 0 aromatic heterocycles. The van der Waals surface area contributed by atoms with E-state index in [1.807, 2.05) is 66.4 Å². The highest BCUT2D eigenvalue weighted by Crippen LogP contribution is 2.29. The Bertz CT molecular complexity index is 758. The minimum absolute atomic E-state index is 0.0190. The maximum Gasteiger partial charge on any atom is 0.229 e. The Labute approximate surface area is 148 Å². The van der Waals surface area contributed by atoms with E-state index in [0.29, 0.717) is 6.54 Å². The number of hydrogen-bond donors (Lipinski definition) is 1. The smallest absolute Gasteiger partial charge is 0.229 e. The molecule has 0 saturated carbocycles. The number of amides is 2. The van der Waals surface area contributed by atoms with Crippen molar-refractivity contribution in [2.24, 2.45) is 5.92 Å². The summed E-state index contributed by atoms with van der Waals surface area (Å²) in [5.41, 5.74) is 3.04. The second-order valence-corrected chi connectivity index (χ2v) is 6.53. The van der Waals surface area contributed by atoms with Gasteiger partial charge in [-0.1, -0.05) is 55.5 Å². The van der Waals surface area contributed by atoms with Gasteiger partial charge in [0.15, 0.2) is 0 Å². The SMILES string of the molecule is CCc1ccccc1NC(=O)[C@H]1CC(=O)N([C@H](C)c2ccccc2)C1. The van der Waals surface area contributed by atoms with Crippen molar-refractivity contribution in [1.82, 2.24) is 4.90 Å². The lowest BCUT2D eigenvalue weighted by Crippen LogP contribution is -2.30. The van der Waals surface area contributed by atoms with Crippen molar-refractivity contribution in [1.29, 1.82) is 0 Å². The summed E-state index contributed by atoms with van der Waals surface area (Å²) >= 11 is 0. The first-order valence-corrected chi connectivity index (χ1v) is 8.83. The largest absolute Gasteiger partial charge is 0.335 e. The average molecular weight is 336 g/mol. The number of carbonyl (C=O) groups is 2. The first-order chi connectivity index (χ1) is 12.1. The molecule has 4 nitrogen and oxygen atoms in total. The van der Waals surface area contributed by atoms with Crippen molar-refractivity contribution in [3.8, 4) is 0 Å². The summed E-state index contributed by atoms with van der Waals surface area (Å²) < 4.78 is 0. The maximum absolute atomic E-state index is 12.6. The Hall–Kier alpha value is -2.62. The van der Waals surface area contributed by atoms with E-state index in [9.17, 15) is 9.59 Å². The number of aryl methyl sites for hydroxylation is 1. The summed E-state index contributed by atoms with van der Waals surface area (Å²) in [5.74, 6) is -0.333. The molecule has 1 aliphatic rings. The minimum atomic E-state index is -0.302. The molecule has 2 aromatic rings. The van der Waals surface area contributed by atoms with Gasteiger partial charge in [0.2, 0.25) is 11.8 Å². The van der Waals surface area contributed by atoms with Crippen LogP contribution in [0.4, 0.5) is 5.69 Å². The summed E-state index contributed by atoms with van der Waals surface area (Å²) in [6.45, 7) is 4.54. The fourth-order valence-electron chi connectivity index (χ4n) is 3.38. The fraction of sp³-hybridized carbons (Fsp3) is 0.333. The standard InChI is InChI=1S/C21H24N2O2/c1-3-16-9-7-8-12-19(16)22-21(25)18-13-20(24)23(14-18)15(2)17-10-5-4-6-11-17/h4-12,15,18H,3,13-14H2,1-2H3,(H,22,25)/t15-,18+/m1/s1. The van der Waals surface area contributed by atoms with Crippen LogP contribution in [0.3, 0.4) is 0 Å². The van der Waals surface area contributed by atoms with Crippen LogP contribution in [0.25, 0.3) is 0 Å². The number of rotatable bonds is 5. The Morgan fingerprint density at radius 2 is 1.84 bits per heavy atom. The molecule has 0 spiro atoms. The van der Waals surface area contributed by atoms with E-state index >= 15 is 0 Å². The van der Waals surface area contributed by atoms with Crippen molar-refractivity contribution in [3.63, 3.8) is 0 Å². The predicted molar refractivity (Wildman–Crippen MR) is 99.1 cm³/mol. The Morgan fingerprint density at radius 3 is 2.56 bits per heavy atom. The average Bonchev–Trinajstić information content (AvgIpc) is 3.04. The predicted octanol–water partition coefficient (Wildman–Crippen LogP) is 3.80. The van der Waals surface area contributed by atoms with E-state index in [1.54, 1.807) is 0 Å². The molecule has 2 atom stereocenters. The maximum atomic E-state index is 12.6. The zero-order valence-corrected chi connectivity index (χ0v) is 14.7. The monoisotopic (exact) mass is 336 g/mol. The molecule has 0 unspecified atom stereocenters. The first kappa shape index (κ1) is 17.2. The van der Waals surface area contributed by atoms with Gasteiger partial charge in [-0.15, -0.1) is 0 Å². The highest BCUT2D eigenvalue weighted by Gasteiger charge is 2.37. The van der Waals surface area contributed by atoms with E-state index in [4.69, 9.17) is 0 Å². The van der Waals surface area contributed by atoms with Crippen LogP contribution < -0.4 is 5.32 Å². The van der Waals surface area contributed by atoms with Crippen LogP contribution in [0.15, 0.2) is 54.6 Å². The molecular weight excluding hydrogens is 312 g/mol. The second kappa shape index (κ2) is 7.51. The molecule has 2 aromatic carbocycles. The number of likely N-dealkylation sites (tertiary alicyclic amines) is 1. The van der Waals surface area contributed by atoms with Crippen molar-refractivity contribution in [2.45, 2.75) is 32.7 Å². The molecule has 3 rings (SSSR count). The molecule has 2 amide bonds. The third-order valence-electron chi connectivity index (χ3n) is 4.93. The van der Waals surface area contributed by atoms with Gasteiger partial charge < -0.3 is 10.2 Å². The molecule has 4 heteroatoms. The van der Waals surface area contributed by atoms with Crippen molar-refractivity contribution < 1.29 is 9.59 Å². The van der Waals surface area contributed by atoms with Crippen LogP contribution in [-0.4, -0.2) is 23.3 Å². The second-order valence-electron chi connectivity index (χ2n) is 6.53. The van der Waals surface area contributed by atoms with Gasteiger partial charge in [0, 0.05) is 18.7 Å². The van der Waals surface area contributed by atoms with Crippen LogP contribution >= 0.6 is 0 Å². The summed E-state index contributed by atoms with van der Waals surface area (Å²) in [4.78, 5) is 26.9. The van der Waals surface area contributed by atoms with Crippen LogP contribution in [-0.2, 0) is 16.0 Å². The molecule has 1 aliphatic heterocycles. The third kappa shape index (κ3) is 3.73. The lowest BCUT2D eigenvalue weighted by molar-refractivity contribution is -0.129. The highest BCUT2D eigenvalue weighted by molar-refractivity contribution is 5.97. The fourth-order valence-corrected chi connectivity index (χ4v) is 3.38. The molecule has 0 radical (unpaired) electrons. The van der Waals surface area contributed by atoms with Gasteiger partial charge in [-0.2, -0.15) is 0 Å². The molecule has 1 N–H and O–H groups in total. The van der Waals surface area contributed by atoms with Gasteiger partial charge >= 0.3 is 0 Å². The normalized spacial score (nSPS) is 18.2. The molecule has 0 aliphatic carbocycles. The summed E-state index contributed by atoms with van der Waals surface area (Å²) in [7, 11) is 0. The van der Waals surface area contributed by atoms with Gasteiger partial charge in [0.1, 0.15) is 0 Å². The quantitative estimate of drug-likeness (QED) is 0.903. The van der Waals surface area contributed by atoms with E-state index in [0.717, 1.165) is 23.2 Å². The number of nitrogens with one attached hydrogen (secondary N) is 1. The van der Waals surface area contributed by atoms with Crippen molar-refractivity contribution in [2.75, 3.05) is 11.9 Å². The number of benzene rings is 2. The van der Waals surface area contributed by atoms with Gasteiger partial charge in [-0.3, -0.25) is 9.59 Å². The molecule has 130 valence electrons. The minimum Gasteiger partial charge on any atom is -0.335 e. The highest BCUT2D eigenvalue weighted by atomic mass is 16.2. The van der Waals surface area contributed by atoms with E-state index in [-0.39, 0.29) is 30.2 Å². The third-order valence-corrected chi connectivity index (χ3v) is 4.93. The zero-order chi connectivity index (χ0) is 17.8. The Morgan fingerprint density at radius 1 is 1.16 bits per heavy atom. The lowest BCUT2D eigenvalue weighted by Gasteiger charge is -2.25. The summed E-state index contributed by atoms with van der Waals surface area (Å²) in [6, 6.07) is 17.7. The molecule has 1 heterocycles. The summed E-state index contributed by atoms with van der Waals surface area (Å²) in [6.07, 6.45) is 1.13. The number of para-hydroxylation sites is 1. The van der Waals surface area contributed by atoms with Crippen LogP contribution in [0.1, 0.15) is 37.4 Å². The first-order valence-electron chi connectivity index (χ1n) is 8.83. The van der Waals surface area contributed by atoms with Crippen LogP contribution in [0.2, 0.25) is 0 Å². The molecular formula is C21H24N2O2. The summed E-state index contributed by atoms with van der Waals surface area (Å²) in [5, 5.41) is 3.01. The van der Waals surface area contributed by atoms with Gasteiger partial charge in [0.05, 0.1) is 12.0 Å². The van der Waals surface area contributed by atoms with Crippen LogP contribution in [0, 0.1) is 5.92 Å². The van der Waals surface area contributed by atoms with E-state index in [1.165, 1.54) is 0 Å². The number of hydrogen-bond acceptors (Lipinski definition) is 2. The number of anilines is 1. The van der Waals surface area contributed by atoms with Gasteiger partial charge in [-0.05, 0) is 30.5 Å². The molecule has 0 bridgehead atoms. The Balaban J connectivity index is 1.68. The molecule has 1 saturated heterocycles. The molecule has 25 heavy (non-hydrogen) atoms. The Kier molecular flexibility index (Phi) is 5.17. The van der Waals surface area contributed by atoms with Gasteiger partial charge in [-0.25, -0.2) is 0 Å². The van der Waals surface area contributed by atoms with E-state index in [2.05, 4.69) is 12.2 Å². The molecule has 1 fully saturated rings. The van der Waals surface area contributed by atoms with Gasteiger partial charge in [0.25, 0.3) is 0 Å². The topological polar surface area (TPSA) is 49.4 Å². The number of carbonyl (C=O) groups excluding carboxylic acids is 2. The van der Waals surface area contributed by atoms with Crippen LogP contribution in [0.5, 0.6) is 0 Å². The van der Waals surface area contributed by atoms with E-state index < -0.39 is 0 Å². The van der Waals surface area contributed by atoms with Crippen molar-refractivity contribution >= 4 is 17.5 Å². The lowest BCUT2D eigenvalue weighted by atomic mass is 10.1. The number of nitrogens with zero attached hydrogens (tertiary/aromatic N) is 1. The zero-order valence-electron chi connectivity index (χ0n) is 14.7. The van der Waals surface area contributed by atoms with Crippen molar-refractivity contribution in [3.05, 3.63) is 65.7 Å².